The summed E-state index contributed by atoms with van der Waals surface area (Å²) in [6.45, 7) is 1.96. The maximum Gasteiger partial charge on any atom is 0.220 e. The number of rotatable bonds is 5. The average Bonchev–Trinajstić information content (AvgIpc) is 2.62. The topological polar surface area (TPSA) is 45.2 Å². The van der Waals surface area contributed by atoms with E-state index >= 15 is 0 Å². The number of nitrogens with zero attached hydrogens (tertiary/aromatic N) is 2. The van der Waals surface area contributed by atoms with E-state index in [0.29, 0.717) is 12.5 Å². The van der Waals surface area contributed by atoms with Crippen LogP contribution in [-0.2, 0) is 11.2 Å². The van der Waals surface area contributed by atoms with Gasteiger partial charge in [0.25, 0.3) is 0 Å². The van der Waals surface area contributed by atoms with E-state index in [2.05, 4.69) is 27.3 Å². The molecule has 1 aliphatic heterocycles. The van der Waals surface area contributed by atoms with Crippen LogP contribution in [0.3, 0.4) is 0 Å². The van der Waals surface area contributed by atoms with E-state index in [1.165, 1.54) is 11.3 Å². The molecule has 1 saturated heterocycles. The number of piperidine rings is 1. The van der Waals surface area contributed by atoms with Crippen molar-refractivity contribution in [2.45, 2.75) is 31.7 Å². The fraction of sp³-hybridized carbons (Fsp3) is 0.368. The highest BCUT2D eigenvalue weighted by molar-refractivity contribution is 5.76. The number of amides is 1. The second-order valence-corrected chi connectivity index (χ2v) is 6.02. The van der Waals surface area contributed by atoms with Crippen molar-refractivity contribution < 1.29 is 4.79 Å². The Balaban J connectivity index is 1.41. The molecule has 1 fully saturated rings. The number of benzene rings is 1. The zero-order valence-corrected chi connectivity index (χ0v) is 13.3. The largest absolute Gasteiger partial charge is 0.371 e. The van der Waals surface area contributed by atoms with Crippen LogP contribution in [0.15, 0.2) is 54.9 Å². The summed E-state index contributed by atoms with van der Waals surface area (Å²) in [4.78, 5) is 18.5. The molecule has 120 valence electrons. The Hall–Kier alpha value is -2.36. The molecule has 2 aromatic rings. The lowest BCUT2D eigenvalue weighted by atomic mass is 10.0. The van der Waals surface area contributed by atoms with Crippen LogP contribution in [0.4, 0.5) is 5.69 Å². The van der Waals surface area contributed by atoms with Gasteiger partial charge < -0.3 is 10.2 Å². The van der Waals surface area contributed by atoms with Crippen LogP contribution in [0.25, 0.3) is 0 Å². The van der Waals surface area contributed by atoms with Gasteiger partial charge in [-0.3, -0.25) is 9.78 Å². The number of aromatic nitrogens is 1. The van der Waals surface area contributed by atoms with Crippen LogP contribution in [0.2, 0.25) is 0 Å². The summed E-state index contributed by atoms with van der Waals surface area (Å²) in [5.41, 5.74) is 2.43. The van der Waals surface area contributed by atoms with E-state index in [0.717, 1.165) is 32.4 Å². The molecule has 1 aliphatic rings. The minimum Gasteiger partial charge on any atom is -0.371 e. The first kappa shape index (κ1) is 15.5. The Bertz CT molecular complexity index is 607. The maximum absolute atomic E-state index is 12.1. The second kappa shape index (κ2) is 7.77. The Morgan fingerprint density at radius 1 is 1.09 bits per heavy atom. The molecule has 1 N–H and O–H groups in total. The van der Waals surface area contributed by atoms with Crippen molar-refractivity contribution in [2.24, 2.45) is 0 Å². The molecule has 0 bridgehead atoms. The van der Waals surface area contributed by atoms with Crippen LogP contribution >= 0.6 is 0 Å². The van der Waals surface area contributed by atoms with Gasteiger partial charge >= 0.3 is 0 Å². The minimum absolute atomic E-state index is 0.163. The van der Waals surface area contributed by atoms with Crippen molar-refractivity contribution in [1.82, 2.24) is 10.3 Å². The normalized spacial score (nSPS) is 15.4. The van der Waals surface area contributed by atoms with Gasteiger partial charge in [-0.1, -0.05) is 30.3 Å². The molecular weight excluding hydrogens is 286 g/mol. The lowest BCUT2D eigenvalue weighted by Gasteiger charge is -2.33. The molecule has 0 spiro atoms. The highest BCUT2D eigenvalue weighted by atomic mass is 16.1. The monoisotopic (exact) mass is 309 g/mol. The fourth-order valence-electron chi connectivity index (χ4n) is 3.04. The molecule has 0 unspecified atom stereocenters. The third-order valence-corrected chi connectivity index (χ3v) is 4.37. The number of pyridine rings is 1. The Morgan fingerprint density at radius 3 is 2.48 bits per heavy atom. The van der Waals surface area contributed by atoms with Crippen LogP contribution in [-0.4, -0.2) is 30.0 Å². The van der Waals surface area contributed by atoms with Crippen molar-refractivity contribution >= 4 is 11.6 Å². The van der Waals surface area contributed by atoms with Crippen molar-refractivity contribution in [3.05, 3.63) is 60.4 Å². The first-order chi connectivity index (χ1) is 11.3. The summed E-state index contributed by atoms with van der Waals surface area (Å²) in [5, 5.41) is 3.18. The number of hydrogen-bond acceptors (Lipinski definition) is 3. The third-order valence-electron chi connectivity index (χ3n) is 4.37. The summed E-state index contributed by atoms with van der Waals surface area (Å²) in [6.07, 6.45) is 7.02. The zero-order valence-electron chi connectivity index (χ0n) is 13.3. The van der Waals surface area contributed by atoms with Crippen LogP contribution in [0, 0.1) is 0 Å². The van der Waals surface area contributed by atoms with E-state index < -0.39 is 0 Å². The van der Waals surface area contributed by atoms with E-state index in [1.807, 2.05) is 42.7 Å². The van der Waals surface area contributed by atoms with E-state index in [9.17, 15) is 4.79 Å². The molecule has 4 nitrogen and oxygen atoms in total. The average molecular weight is 309 g/mol. The predicted octanol–water partition coefficient (Wildman–Crippen LogP) is 2.80. The minimum atomic E-state index is 0.163. The Labute approximate surface area is 137 Å². The lowest BCUT2D eigenvalue weighted by Crippen LogP contribution is -2.44. The number of hydrogen-bond donors (Lipinski definition) is 1. The molecule has 0 aliphatic carbocycles. The molecular formula is C19H23N3O. The van der Waals surface area contributed by atoms with Crippen LogP contribution < -0.4 is 10.2 Å². The zero-order chi connectivity index (χ0) is 15.9. The third kappa shape index (κ3) is 4.55. The molecule has 1 aromatic carbocycles. The molecule has 23 heavy (non-hydrogen) atoms. The molecule has 1 aromatic heterocycles. The first-order valence-corrected chi connectivity index (χ1v) is 8.29. The van der Waals surface area contributed by atoms with Gasteiger partial charge in [0, 0.05) is 43.6 Å². The Kier molecular flexibility index (Phi) is 5.25. The molecule has 1 amide bonds. The van der Waals surface area contributed by atoms with Gasteiger partial charge in [0.1, 0.15) is 0 Å². The summed E-state index contributed by atoms with van der Waals surface area (Å²) < 4.78 is 0. The molecule has 3 rings (SSSR count). The predicted molar refractivity (Wildman–Crippen MR) is 92.4 cm³/mol. The fourth-order valence-corrected chi connectivity index (χ4v) is 3.04. The molecule has 0 radical (unpaired) electrons. The standard InChI is InChI=1S/C19H23N3O/c23-19(7-6-16-4-2-1-3-5-16)21-17-10-14-22(15-11-17)18-8-12-20-13-9-18/h1-5,8-9,12-13,17H,6-7,10-11,14-15H2,(H,21,23). The van der Waals surface area contributed by atoms with Gasteiger partial charge in [0.2, 0.25) is 5.91 Å². The lowest BCUT2D eigenvalue weighted by molar-refractivity contribution is -0.121. The van der Waals surface area contributed by atoms with E-state index in [4.69, 9.17) is 0 Å². The highest BCUT2D eigenvalue weighted by Crippen LogP contribution is 2.19. The van der Waals surface area contributed by atoms with E-state index in [-0.39, 0.29) is 5.91 Å². The van der Waals surface area contributed by atoms with Gasteiger partial charge in [-0.2, -0.15) is 0 Å². The number of aryl methyl sites for hydroxylation is 1. The summed E-state index contributed by atoms with van der Waals surface area (Å²) >= 11 is 0. The SMILES string of the molecule is O=C(CCc1ccccc1)NC1CCN(c2ccncc2)CC1. The summed E-state index contributed by atoms with van der Waals surface area (Å²) in [7, 11) is 0. The van der Waals surface area contributed by atoms with Crippen molar-refractivity contribution in [1.29, 1.82) is 0 Å². The molecule has 4 heteroatoms. The van der Waals surface area contributed by atoms with Crippen molar-refractivity contribution in [2.75, 3.05) is 18.0 Å². The maximum atomic E-state index is 12.1. The van der Waals surface area contributed by atoms with Gasteiger partial charge in [0.05, 0.1) is 0 Å². The number of anilines is 1. The van der Waals surface area contributed by atoms with Crippen LogP contribution in [0.1, 0.15) is 24.8 Å². The van der Waals surface area contributed by atoms with Crippen LogP contribution in [0.5, 0.6) is 0 Å². The van der Waals surface area contributed by atoms with Gasteiger partial charge in [-0.05, 0) is 37.0 Å². The quantitative estimate of drug-likeness (QED) is 0.924. The summed E-state index contributed by atoms with van der Waals surface area (Å²) in [5.74, 6) is 0.163. The van der Waals surface area contributed by atoms with E-state index in [1.54, 1.807) is 0 Å². The molecule has 0 atom stereocenters. The van der Waals surface area contributed by atoms with Crippen molar-refractivity contribution in [3.8, 4) is 0 Å². The number of nitrogens with one attached hydrogen (secondary N) is 1. The first-order valence-electron chi connectivity index (χ1n) is 8.29. The van der Waals surface area contributed by atoms with Gasteiger partial charge in [-0.15, -0.1) is 0 Å². The number of carbonyl (C=O) groups is 1. The van der Waals surface area contributed by atoms with Gasteiger partial charge in [-0.25, -0.2) is 0 Å². The van der Waals surface area contributed by atoms with Gasteiger partial charge in [0.15, 0.2) is 0 Å². The summed E-state index contributed by atoms with van der Waals surface area (Å²) in [6, 6.07) is 14.6. The van der Waals surface area contributed by atoms with Crippen molar-refractivity contribution in [3.63, 3.8) is 0 Å². The highest BCUT2D eigenvalue weighted by Gasteiger charge is 2.20. The number of carbonyl (C=O) groups excluding carboxylic acids is 1. The smallest absolute Gasteiger partial charge is 0.220 e. The molecule has 0 saturated carbocycles. The molecule has 2 heterocycles. The second-order valence-electron chi connectivity index (χ2n) is 6.02. The Morgan fingerprint density at radius 2 is 1.78 bits per heavy atom.